The molecular weight excluding hydrogens is 276 g/mol. The molecule has 0 N–H and O–H groups in total. The van der Waals surface area contributed by atoms with E-state index in [9.17, 15) is 4.79 Å². The van der Waals surface area contributed by atoms with E-state index in [1.54, 1.807) is 6.92 Å². The zero-order valence-corrected chi connectivity index (χ0v) is 13.0. The summed E-state index contributed by atoms with van der Waals surface area (Å²) < 4.78 is 5.87. The molecule has 116 valence electrons. The first kappa shape index (κ1) is 15.1. The lowest BCUT2D eigenvalue weighted by molar-refractivity contribution is -0.147. The maximum Gasteiger partial charge on any atom is 0.298 e. The van der Waals surface area contributed by atoms with E-state index in [1.165, 1.54) is 5.56 Å². The van der Waals surface area contributed by atoms with Gasteiger partial charge >= 0.3 is 0 Å². The molecule has 4 heteroatoms. The van der Waals surface area contributed by atoms with Crippen LogP contribution in [0.4, 0.5) is 0 Å². The molecular formula is C18H22N2O2. The Morgan fingerprint density at radius 1 is 1.32 bits per heavy atom. The van der Waals surface area contributed by atoms with E-state index in [-0.39, 0.29) is 18.1 Å². The number of amides is 1. The van der Waals surface area contributed by atoms with Gasteiger partial charge in [0.25, 0.3) is 5.91 Å². The Kier molecular flexibility index (Phi) is 4.77. The second kappa shape index (κ2) is 6.95. The summed E-state index contributed by atoms with van der Waals surface area (Å²) in [7, 11) is 0. The highest BCUT2D eigenvalue weighted by molar-refractivity contribution is 5.93. The highest BCUT2D eigenvalue weighted by Crippen LogP contribution is 2.24. The normalized spacial score (nSPS) is 25.0. The average Bonchev–Trinajstić information content (AvgIpc) is 2.55. The van der Waals surface area contributed by atoms with Crippen molar-refractivity contribution in [2.45, 2.75) is 32.0 Å². The number of carbonyl (C=O) groups is 1. The number of piperidine rings is 1. The smallest absolute Gasteiger partial charge is 0.298 e. The fourth-order valence-electron chi connectivity index (χ4n) is 3.35. The summed E-state index contributed by atoms with van der Waals surface area (Å²) in [5.74, 6) is 5.32. The minimum atomic E-state index is -0.0673. The third-order valence-corrected chi connectivity index (χ3v) is 4.41. The molecule has 0 aliphatic carbocycles. The van der Waals surface area contributed by atoms with Crippen molar-refractivity contribution in [1.29, 1.82) is 0 Å². The van der Waals surface area contributed by atoms with Crippen molar-refractivity contribution < 1.29 is 9.53 Å². The Balaban J connectivity index is 1.69. The summed E-state index contributed by atoms with van der Waals surface area (Å²) >= 11 is 0. The number of hydrogen-bond donors (Lipinski definition) is 0. The third kappa shape index (κ3) is 3.32. The quantitative estimate of drug-likeness (QED) is 0.776. The van der Waals surface area contributed by atoms with Crippen LogP contribution in [-0.2, 0) is 16.1 Å². The van der Waals surface area contributed by atoms with Crippen LogP contribution in [0.25, 0.3) is 0 Å². The lowest BCUT2D eigenvalue weighted by Gasteiger charge is -2.46. The number of rotatable bonds is 2. The van der Waals surface area contributed by atoms with E-state index >= 15 is 0 Å². The van der Waals surface area contributed by atoms with Crippen molar-refractivity contribution in [2.75, 3.05) is 26.2 Å². The molecule has 2 unspecified atom stereocenters. The Labute approximate surface area is 132 Å². The van der Waals surface area contributed by atoms with Crippen LogP contribution in [0.1, 0.15) is 18.9 Å². The zero-order chi connectivity index (χ0) is 15.4. The standard InChI is InChI=1S/C18H22N2O2/c1-2-6-18(21)20-11-12-22-17-9-10-19(14-16(17)20)13-15-7-4-3-5-8-15/h3-5,7-8,16-17H,9-14H2,1H3. The van der Waals surface area contributed by atoms with Crippen molar-refractivity contribution in [3.05, 3.63) is 35.9 Å². The molecule has 0 radical (unpaired) electrons. The van der Waals surface area contributed by atoms with E-state index in [4.69, 9.17) is 4.74 Å². The lowest BCUT2D eigenvalue weighted by atomic mass is 9.98. The Bertz CT molecular complexity index is 576. The maximum absolute atomic E-state index is 12.2. The van der Waals surface area contributed by atoms with Crippen LogP contribution in [0.5, 0.6) is 0 Å². The first-order valence-corrected chi connectivity index (χ1v) is 7.89. The molecule has 1 aromatic rings. The summed E-state index contributed by atoms with van der Waals surface area (Å²) in [5, 5.41) is 0. The number of nitrogens with zero attached hydrogens (tertiary/aromatic N) is 2. The summed E-state index contributed by atoms with van der Waals surface area (Å²) in [6.45, 7) is 5.77. The van der Waals surface area contributed by atoms with E-state index in [1.807, 2.05) is 11.0 Å². The number of carbonyl (C=O) groups excluding carboxylic acids is 1. The monoisotopic (exact) mass is 298 g/mol. The maximum atomic E-state index is 12.2. The van der Waals surface area contributed by atoms with E-state index in [0.717, 1.165) is 26.1 Å². The zero-order valence-electron chi connectivity index (χ0n) is 13.0. The summed E-state index contributed by atoms with van der Waals surface area (Å²) in [5.41, 5.74) is 1.31. The number of benzene rings is 1. The van der Waals surface area contributed by atoms with Gasteiger partial charge < -0.3 is 9.64 Å². The van der Waals surface area contributed by atoms with Crippen molar-refractivity contribution in [2.24, 2.45) is 0 Å². The highest BCUT2D eigenvalue weighted by atomic mass is 16.5. The van der Waals surface area contributed by atoms with Gasteiger partial charge in [0, 0.05) is 26.2 Å². The second-order valence-electron chi connectivity index (χ2n) is 5.86. The Morgan fingerprint density at radius 3 is 2.91 bits per heavy atom. The van der Waals surface area contributed by atoms with E-state index in [2.05, 4.69) is 41.0 Å². The largest absolute Gasteiger partial charge is 0.374 e. The van der Waals surface area contributed by atoms with Gasteiger partial charge in [0.05, 0.1) is 18.8 Å². The summed E-state index contributed by atoms with van der Waals surface area (Å²) in [6.07, 6.45) is 1.13. The van der Waals surface area contributed by atoms with Gasteiger partial charge in [-0.05, 0) is 24.8 Å². The number of morpholine rings is 1. The minimum Gasteiger partial charge on any atom is -0.374 e. The highest BCUT2D eigenvalue weighted by Gasteiger charge is 2.38. The van der Waals surface area contributed by atoms with Crippen LogP contribution in [0.15, 0.2) is 30.3 Å². The SMILES string of the molecule is CC#CC(=O)N1CCOC2CCN(Cc3ccccc3)CC21. The van der Waals surface area contributed by atoms with Crippen molar-refractivity contribution in [1.82, 2.24) is 9.80 Å². The molecule has 0 bridgehead atoms. The molecule has 0 aromatic heterocycles. The summed E-state index contributed by atoms with van der Waals surface area (Å²) in [6, 6.07) is 10.6. The predicted molar refractivity (Wildman–Crippen MR) is 85.0 cm³/mol. The Morgan fingerprint density at radius 2 is 2.14 bits per heavy atom. The van der Waals surface area contributed by atoms with Gasteiger partial charge in [-0.15, -0.1) is 0 Å². The molecule has 0 saturated carbocycles. The predicted octanol–water partition coefficient (Wildman–Crippen LogP) is 1.51. The second-order valence-corrected chi connectivity index (χ2v) is 5.86. The van der Waals surface area contributed by atoms with Gasteiger partial charge in [-0.3, -0.25) is 9.69 Å². The molecule has 4 nitrogen and oxygen atoms in total. The van der Waals surface area contributed by atoms with Crippen molar-refractivity contribution in [3.63, 3.8) is 0 Å². The molecule has 1 aromatic carbocycles. The third-order valence-electron chi connectivity index (χ3n) is 4.41. The van der Waals surface area contributed by atoms with Crippen LogP contribution >= 0.6 is 0 Å². The number of hydrogen-bond acceptors (Lipinski definition) is 3. The molecule has 3 rings (SSSR count). The molecule has 2 aliphatic rings. The molecule has 2 heterocycles. The first-order chi connectivity index (χ1) is 10.8. The van der Waals surface area contributed by atoms with Crippen LogP contribution in [0, 0.1) is 11.8 Å². The number of fused-ring (bicyclic) bond motifs is 1. The van der Waals surface area contributed by atoms with Gasteiger partial charge in [-0.2, -0.15) is 0 Å². The number of likely N-dealkylation sites (tertiary alicyclic amines) is 1. The molecule has 2 atom stereocenters. The van der Waals surface area contributed by atoms with Crippen LogP contribution < -0.4 is 0 Å². The van der Waals surface area contributed by atoms with Gasteiger partial charge in [0.2, 0.25) is 0 Å². The van der Waals surface area contributed by atoms with Crippen LogP contribution in [0.3, 0.4) is 0 Å². The van der Waals surface area contributed by atoms with Gasteiger partial charge in [0.15, 0.2) is 0 Å². The fraction of sp³-hybridized carbons (Fsp3) is 0.500. The topological polar surface area (TPSA) is 32.8 Å². The van der Waals surface area contributed by atoms with Crippen molar-refractivity contribution >= 4 is 5.91 Å². The molecule has 2 saturated heterocycles. The first-order valence-electron chi connectivity index (χ1n) is 7.89. The van der Waals surface area contributed by atoms with E-state index in [0.29, 0.717) is 13.2 Å². The average molecular weight is 298 g/mol. The van der Waals surface area contributed by atoms with Gasteiger partial charge in [-0.1, -0.05) is 36.3 Å². The fourth-order valence-corrected chi connectivity index (χ4v) is 3.35. The molecule has 0 spiro atoms. The van der Waals surface area contributed by atoms with Gasteiger partial charge in [0.1, 0.15) is 0 Å². The molecule has 2 aliphatic heterocycles. The molecule has 2 fully saturated rings. The summed E-state index contributed by atoms with van der Waals surface area (Å²) in [4.78, 5) is 16.5. The van der Waals surface area contributed by atoms with Crippen molar-refractivity contribution in [3.8, 4) is 11.8 Å². The lowest BCUT2D eigenvalue weighted by Crippen LogP contribution is -2.61. The molecule has 1 amide bonds. The van der Waals surface area contributed by atoms with E-state index < -0.39 is 0 Å². The number of ether oxygens (including phenoxy) is 1. The van der Waals surface area contributed by atoms with Gasteiger partial charge in [-0.25, -0.2) is 0 Å². The van der Waals surface area contributed by atoms with Crippen LogP contribution in [0.2, 0.25) is 0 Å². The Hall–Kier alpha value is -1.83. The minimum absolute atomic E-state index is 0.0673. The van der Waals surface area contributed by atoms with Crippen LogP contribution in [-0.4, -0.2) is 54.1 Å². The molecule has 22 heavy (non-hydrogen) atoms.